The summed E-state index contributed by atoms with van der Waals surface area (Å²) in [5, 5.41) is 0. The summed E-state index contributed by atoms with van der Waals surface area (Å²) in [4.78, 5) is 8.32. The first-order valence-corrected chi connectivity index (χ1v) is 5.53. The lowest BCUT2D eigenvalue weighted by molar-refractivity contribution is 0.234. The van der Waals surface area contributed by atoms with Crippen LogP contribution in [0, 0.1) is 19.3 Å². The summed E-state index contributed by atoms with van der Waals surface area (Å²) in [5.74, 6) is 1.75. The van der Waals surface area contributed by atoms with Gasteiger partial charge in [0.05, 0.1) is 12.2 Å². The van der Waals surface area contributed by atoms with Crippen molar-refractivity contribution >= 4 is 5.82 Å². The van der Waals surface area contributed by atoms with Gasteiger partial charge in [-0.2, -0.15) is 4.98 Å². The minimum Gasteiger partial charge on any atom is -0.477 e. The van der Waals surface area contributed by atoms with E-state index in [0.717, 1.165) is 12.0 Å². The molecule has 0 aromatic carbocycles. The zero-order chi connectivity index (χ0) is 12.3. The van der Waals surface area contributed by atoms with Gasteiger partial charge in [-0.15, -0.1) is 0 Å². The van der Waals surface area contributed by atoms with Crippen molar-refractivity contribution in [2.75, 3.05) is 12.3 Å². The number of nitrogens with two attached hydrogens (primary N) is 1. The largest absolute Gasteiger partial charge is 0.477 e. The van der Waals surface area contributed by atoms with Gasteiger partial charge in [-0.05, 0) is 25.7 Å². The van der Waals surface area contributed by atoms with Crippen molar-refractivity contribution in [3.05, 3.63) is 11.4 Å². The minimum atomic E-state index is 0.265. The Morgan fingerprint density at radius 3 is 2.38 bits per heavy atom. The molecule has 1 aromatic rings. The molecule has 0 spiro atoms. The van der Waals surface area contributed by atoms with Gasteiger partial charge in [-0.25, -0.2) is 4.98 Å². The van der Waals surface area contributed by atoms with Crippen LogP contribution in [0.15, 0.2) is 0 Å². The first kappa shape index (κ1) is 12.7. The average Bonchev–Trinajstić information content (AvgIpc) is 2.11. The van der Waals surface area contributed by atoms with E-state index in [4.69, 9.17) is 10.5 Å². The number of hydrogen-bond donors (Lipinski definition) is 1. The maximum Gasteiger partial charge on any atom is 0.221 e. The number of rotatable bonds is 3. The average molecular weight is 223 g/mol. The van der Waals surface area contributed by atoms with Crippen molar-refractivity contribution < 1.29 is 4.74 Å². The fourth-order valence-corrected chi connectivity index (χ4v) is 1.22. The van der Waals surface area contributed by atoms with Crippen molar-refractivity contribution in [3.8, 4) is 5.88 Å². The van der Waals surface area contributed by atoms with E-state index in [1.165, 1.54) is 0 Å². The lowest BCUT2D eigenvalue weighted by Crippen LogP contribution is -2.13. The number of nitrogens with zero attached hydrogens (tertiary/aromatic N) is 2. The molecule has 2 N–H and O–H groups in total. The molecule has 0 bridgehead atoms. The van der Waals surface area contributed by atoms with Crippen molar-refractivity contribution in [2.45, 2.75) is 41.0 Å². The highest BCUT2D eigenvalue weighted by molar-refractivity contribution is 5.44. The third kappa shape index (κ3) is 3.68. The highest BCUT2D eigenvalue weighted by Gasteiger charge is 2.12. The van der Waals surface area contributed by atoms with Crippen molar-refractivity contribution in [1.82, 2.24) is 9.97 Å². The van der Waals surface area contributed by atoms with Gasteiger partial charge in [-0.1, -0.05) is 20.8 Å². The molecule has 0 unspecified atom stereocenters. The second-order valence-corrected chi connectivity index (χ2v) is 5.25. The number of anilines is 1. The monoisotopic (exact) mass is 223 g/mol. The van der Waals surface area contributed by atoms with E-state index in [-0.39, 0.29) is 5.41 Å². The summed E-state index contributed by atoms with van der Waals surface area (Å²) < 4.78 is 5.64. The van der Waals surface area contributed by atoms with Gasteiger partial charge in [-0.3, -0.25) is 0 Å². The van der Waals surface area contributed by atoms with Crippen LogP contribution in [0.4, 0.5) is 5.82 Å². The SMILES string of the molecule is Cc1nc(N)c(C)c(OCCC(C)(C)C)n1. The van der Waals surface area contributed by atoms with E-state index < -0.39 is 0 Å². The van der Waals surface area contributed by atoms with Crippen LogP contribution in [0.5, 0.6) is 5.88 Å². The topological polar surface area (TPSA) is 61.0 Å². The lowest BCUT2D eigenvalue weighted by atomic mass is 9.93. The molecule has 0 aliphatic heterocycles. The molecule has 0 saturated carbocycles. The second kappa shape index (κ2) is 4.68. The van der Waals surface area contributed by atoms with Crippen LogP contribution in [-0.4, -0.2) is 16.6 Å². The minimum absolute atomic E-state index is 0.265. The smallest absolute Gasteiger partial charge is 0.221 e. The summed E-state index contributed by atoms with van der Waals surface area (Å²) in [7, 11) is 0. The molecule has 0 atom stereocenters. The molecule has 0 aliphatic carbocycles. The maximum atomic E-state index is 5.75. The second-order valence-electron chi connectivity index (χ2n) is 5.25. The van der Waals surface area contributed by atoms with Crippen molar-refractivity contribution in [2.24, 2.45) is 5.41 Å². The molecule has 0 radical (unpaired) electrons. The number of hydrogen-bond acceptors (Lipinski definition) is 4. The van der Waals surface area contributed by atoms with Gasteiger partial charge in [0.2, 0.25) is 5.88 Å². The van der Waals surface area contributed by atoms with Gasteiger partial charge < -0.3 is 10.5 Å². The molecular formula is C12H21N3O. The third-order valence-corrected chi connectivity index (χ3v) is 2.34. The predicted octanol–water partition coefficient (Wildman–Crippen LogP) is 2.49. The van der Waals surface area contributed by atoms with Gasteiger partial charge in [0.1, 0.15) is 11.6 Å². The van der Waals surface area contributed by atoms with Crippen LogP contribution < -0.4 is 10.5 Å². The zero-order valence-corrected chi connectivity index (χ0v) is 10.8. The first-order valence-electron chi connectivity index (χ1n) is 5.53. The summed E-state index contributed by atoms with van der Waals surface area (Å²) in [6.45, 7) is 10.9. The van der Waals surface area contributed by atoms with E-state index in [2.05, 4.69) is 30.7 Å². The third-order valence-electron chi connectivity index (χ3n) is 2.34. The molecule has 16 heavy (non-hydrogen) atoms. The molecule has 1 aromatic heterocycles. The Bertz CT molecular complexity index is 369. The summed E-state index contributed by atoms with van der Waals surface area (Å²) >= 11 is 0. The predicted molar refractivity (Wildman–Crippen MR) is 65.5 cm³/mol. The Balaban J connectivity index is 2.67. The fraction of sp³-hybridized carbons (Fsp3) is 0.667. The molecule has 0 saturated heterocycles. The van der Waals surface area contributed by atoms with E-state index in [1.54, 1.807) is 0 Å². The van der Waals surface area contributed by atoms with Gasteiger partial charge in [0, 0.05) is 0 Å². The summed E-state index contributed by atoms with van der Waals surface area (Å²) in [6, 6.07) is 0. The van der Waals surface area contributed by atoms with Gasteiger partial charge in [0.15, 0.2) is 0 Å². The normalized spacial score (nSPS) is 11.6. The molecular weight excluding hydrogens is 202 g/mol. The number of ether oxygens (including phenoxy) is 1. The number of aromatic nitrogens is 2. The summed E-state index contributed by atoms with van der Waals surface area (Å²) in [6.07, 6.45) is 0.982. The number of aryl methyl sites for hydroxylation is 1. The maximum absolute atomic E-state index is 5.75. The molecule has 4 heteroatoms. The van der Waals surface area contributed by atoms with E-state index in [1.807, 2.05) is 13.8 Å². The zero-order valence-electron chi connectivity index (χ0n) is 10.8. The van der Waals surface area contributed by atoms with Gasteiger partial charge >= 0.3 is 0 Å². The quantitative estimate of drug-likeness (QED) is 0.855. The molecule has 90 valence electrons. The van der Waals surface area contributed by atoms with Gasteiger partial charge in [0.25, 0.3) is 0 Å². The molecule has 0 aliphatic rings. The van der Waals surface area contributed by atoms with E-state index >= 15 is 0 Å². The van der Waals surface area contributed by atoms with Crippen LogP contribution in [-0.2, 0) is 0 Å². The molecule has 4 nitrogen and oxygen atoms in total. The Hall–Kier alpha value is -1.32. The van der Waals surface area contributed by atoms with Crippen LogP contribution in [0.3, 0.4) is 0 Å². The standard InChI is InChI=1S/C12H21N3O/c1-8-10(13)14-9(2)15-11(8)16-7-6-12(3,4)5/h6-7H2,1-5H3,(H2,13,14,15). The first-order chi connectivity index (χ1) is 7.29. The highest BCUT2D eigenvalue weighted by atomic mass is 16.5. The Labute approximate surface area is 97.2 Å². The molecule has 1 heterocycles. The van der Waals surface area contributed by atoms with E-state index in [0.29, 0.717) is 24.1 Å². The van der Waals surface area contributed by atoms with Crippen LogP contribution in [0.2, 0.25) is 0 Å². The highest BCUT2D eigenvalue weighted by Crippen LogP contribution is 2.22. The molecule has 0 fully saturated rings. The van der Waals surface area contributed by atoms with Crippen LogP contribution >= 0.6 is 0 Å². The van der Waals surface area contributed by atoms with Crippen LogP contribution in [0.25, 0.3) is 0 Å². The van der Waals surface area contributed by atoms with E-state index in [9.17, 15) is 0 Å². The fourth-order valence-electron chi connectivity index (χ4n) is 1.22. The Morgan fingerprint density at radius 2 is 1.81 bits per heavy atom. The van der Waals surface area contributed by atoms with Crippen molar-refractivity contribution in [1.29, 1.82) is 0 Å². The molecule has 1 rings (SSSR count). The van der Waals surface area contributed by atoms with Crippen molar-refractivity contribution in [3.63, 3.8) is 0 Å². The van der Waals surface area contributed by atoms with Crippen LogP contribution in [0.1, 0.15) is 38.6 Å². The molecule has 0 amide bonds. The Kier molecular flexibility index (Phi) is 3.73. The summed E-state index contributed by atoms with van der Waals surface area (Å²) in [5.41, 5.74) is 6.83. The number of nitrogen functional groups attached to an aromatic ring is 1. The lowest BCUT2D eigenvalue weighted by Gasteiger charge is -2.18. The Morgan fingerprint density at radius 1 is 1.19 bits per heavy atom.